The van der Waals surface area contributed by atoms with Crippen LogP contribution in [0.1, 0.15) is 33.6 Å². The highest BCUT2D eigenvalue weighted by atomic mass is 28.4. The molecular formula is C10H17O6Si. The van der Waals surface area contributed by atoms with Gasteiger partial charge in [-0.25, -0.2) is 0 Å². The Morgan fingerprint density at radius 3 is 1.53 bits per heavy atom. The van der Waals surface area contributed by atoms with Gasteiger partial charge in [0.2, 0.25) is 0 Å². The van der Waals surface area contributed by atoms with E-state index in [4.69, 9.17) is 13.3 Å². The summed E-state index contributed by atoms with van der Waals surface area (Å²) in [5.41, 5.74) is 0. The lowest BCUT2D eigenvalue weighted by atomic mass is 10.4. The minimum absolute atomic E-state index is 0.190. The van der Waals surface area contributed by atoms with Crippen LogP contribution < -0.4 is 0 Å². The molecule has 0 amide bonds. The molecule has 0 rings (SSSR count). The van der Waals surface area contributed by atoms with Gasteiger partial charge in [0, 0.05) is 20.8 Å². The third-order valence-corrected chi connectivity index (χ3v) is 4.39. The van der Waals surface area contributed by atoms with E-state index in [2.05, 4.69) is 6.92 Å². The number of hydrogen-bond donors (Lipinski definition) is 0. The maximum Gasteiger partial charge on any atom is 0.705 e. The first-order valence-electron chi connectivity index (χ1n) is 5.19. The molecule has 0 aliphatic heterocycles. The van der Waals surface area contributed by atoms with Gasteiger partial charge in [0.1, 0.15) is 0 Å². The molecule has 6 nitrogen and oxygen atoms in total. The van der Waals surface area contributed by atoms with E-state index in [0.717, 1.165) is 0 Å². The molecule has 0 aromatic rings. The van der Waals surface area contributed by atoms with Crippen LogP contribution in [0.2, 0.25) is 6.04 Å². The van der Waals surface area contributed by atoms with Crippen LogP contribution in [-0.4, -0.2) is 26.7 Å². The van der Waals surface area contributed by atoms with Crippen molar-refractivity contribution in [2.75, 3.05) is 0 Å². The zero-order valence-electron chi connectivity index (χ0n) is 10.3. The second-order valence-corrected chi connectivity index (χ2v) is 5.90. The Morgan fingerprint density at radius 1 is 0.941 bits per heavy atom. The van der Waals surface area contributed by atoms with Gasteiger partial charge in [0.15, 0.2) is 0 Å². The highest BCUT2D eigenvalue weighted by Gasteiger charge is 2.50. The molecule has 0 aliphatic rings. The van der Waals surface area contributed by atoms with Crippen molar-refractivity contribution < 1.29 is 27.7 Å². The summed E-state index contributed by atoms with van der Waals surface area (Å²) in [5.74, 6) is -1.95. The lowest BCUT2D eigenvalue weighted by Gasteiger charge is -2.25. The van der Waals surface area contributed by atoms with E-state index in [1.165, 1.54) is 20.8 Å². The zero-order valence-corrected chi connectivity index (χ0v) is 11.3. The Morgan fingerprint density at radius 2 is 1.29 bits per heavy atom. The molecule has 1 radical (unpaired) electrons. The molecule has 0 aliphatic carbocycles. The van der Waals surface area contributed by atoms with Gasteiger partial charge in [-0.05, 0) is 6.42 Å². The number of carbonyl (C=O) groups excluding carboxylic acids is 3. The summed E-state index contributed by atoms with van der Waals surface area (Å²) in [7, 11) is -3.59. The van der Waals surface area contributed by atoms with Gasteiger partial charge in [0.25, 0.3) is 17.9 Å². The van der Waals surface area contributed by atoms with Gasteiger partial charge in [0.05, 0.1) is 6.04 Å². The lowest BCUT2D eigenvalue weighted by molar-refractivity contribution is -0.147. The smallest absolute Gasteiger partial charge is 0.455 e. The third-order valence-electron chi connectivity index (χ3n) is 1.63. The van der Waals surface area contributed by atoms with Crippen molar-refractivity contribution in [3.05, 3.63) is 6.92 Å². The molecule has 0 saturated heterocycles. The second kappa shape index (κ2) is 7.05. The van der Waals surface area contributed by atoms with Gasteiger partial charge in [-0.1, -0.05) is 13.3 Å². The van der Waals surface area contributed by atoms with Crippen LogP contribution in [0.15, 0.2) is 0 Å². The van der Waals surface area contributed by atoms with Crippen molar-refractivity contribution in [1.82, 2.24) is 0 Å². The molecule has 97 valence electrons. The van der Waals surface area contributed by atoms with E-state index in [0.29, 0.717) is 12.8 Å². The Bertz CT molecular complexity index is 260. The first-order valence-corrected chi connectivity index (χ1v) is 7.12. The van der Waals surface area contributed by atoms with Crippen LogP contribution in [0.3, 0.4) is 0 Å². The third kappa shape index (κ3) is 6.72. The van der Waals surface area contributed by atoms with E-state index >= 15 is 0 Å². The van der Waals surface area contributed by atoms with Crippen molar-refractivity contribution in [2.24, 2.45) is 0 Å². The quantitative estimate of drug-likeness (QED) is 0.669. The van der Waals surface area contributed by atoms with Gasteiger partial charge >= 0.3 is 8.80 Å². The summed E-state index contributed by atoms with van der Waals surface area (Å²) in [6, 6.07) is 0.190. The molecule has 0 aromatic carbocycles. The minimum atomic E-state index is -3.59. The van der Waals surface area contributed by atoms with Crippen LogP contribution in [0.5, 0.6) is 0 Å². The summed E-state index contributed by atoms with van der Waals surface area (Å²) in [6.45, 7) is 7.12. The first-order chi connectivity index (χ1) is 7.81. The largest absolute Gasteiger partial charge is 0.705 e. The van der Waals surface area contributed by atoms with Crippen molar-refractivity contribution >= 4 is 26.7 Å². The summed E-state index contributed by atoms with van der Waals surface area (Å²) in [6.07, 6.45) is 1.08. The predicted molar refractivity (Wildman–Crippen MR) is 60.5 cm³/mol. The van der Waals surface area contributed by atoms with Crippen LogP contribution >= 0.6 is 0 Å². The fraction of sp³-hybridized carbons (Fsp3) is 0.600. The monoisotopic (exact) mass is 261 g/mol. The van der Waals surface area contributed by atoms with Crippen LogP contribution in [0.4, 0.5) is 0 Å². The van der Waals surface area contributed by atoms with E-state index in [1.807, 2.05) is 0 Å². The molecule has 0 aromatic heterocycles. The fourth-order valence-corrected chi connectivity index (χ4v) is 3.64. The number of rotatable bonds is 6. The molecule has 0 unspecified atom stereocenters. The molecule has 0 bridgehead atoms. The average Bonchev–Trinajstić information content (AvgIpc) is 2.11. The summed E-state index contributed by atoms with van der Waals surface area (Å²) < 4.78 is 14.8. The molecule has 0 spiro atoms. The molecule has 7 heteroatoms. The fourth-order valence-electron chi connectivity index (χ4n) is 1.21. The highest BCUT2D eigenvalue weighted by molar-refractivity contribution is 6.65. The molecule has 0 N–H and O–H groups in total. The Hall–Kier alpha value is -1.37. The number of carbonyl (C=O) groups is 3. The molecule has 0 saturated carbocycles. The topological polar surface area (TPSA) is 78.9 Å². The molecule has 0 atom stereocenters. The standard InChI is InChI=1S/C10H17O6Si/c1-5-6-7-17(14-8(2)11,15-9(3)12)16-10(4)13/h1,5-7H2,2-4H3. The Labute approximate surface area is 102 Å². The normalized spacial score (nSPS) is 10.6. The molecular weight excluding hydrogens is 244 g/mol. The van der Waals surface area contributed by atoms with Gasteiger partial charge in [-0.2, -0.15) is 0 Å². The SMILES string of the molecule is [CH2]CCC[Si](OC(C)=O)(OC(C)=O)OC(C)=O. The van der Waals surface area contributed by atoms with Crippen LogP contribution in [-0.2, 0) is 27.7 Å². The summed E-state index contributed by atoms with van der Waals surface area (Å²) in [4.78, 5) is 33.0. The molecule has 0 fully saturated rings. The van der Waals surface area contributed by atoms with E-state index in [9.17, 15) is 14.4 Å². The van der Waals surface area contributed by atoms with Crippen LogP contribution in [0, 0.1) is 6.92 Å². The van der Waals surface area contributed by atoms with Gasteiger partial charge in [-0.3, -0.25) is 14.4 Å². The zero-order chi connectivity index (χ0) is 13.5. The van der Waals surface area contributed by atoms with Gasteiger partial charge < -0.3 is 13.3 Å². The van der Waals surface area contributed by atoms with Crippen molar-refractivity contribution in [3.8, 4) is 0 Å². The predicted octanol–water partition coefficient (Wildman–Crippen LogP) is 1.23. The summed E-state index contributed by atoms with van der Waals surface area (Å²) >= 11 is 0. The average molecular weight is 261 g/mol. The first kappa shape index (κ1) is 15.6. The Kier molecular flexibility index (Phi) is 6.48. The Balaban J connectivity index is 4.95. The van der Waals surface area contributed by atoms with Gasteiger partial charge in [-0.15, -0.1) is 0 Å². The second-order valence-electron chi connectivity index (χ2n) is 3.42. The minimum Gasteiger partial charge on any atom is -0.455 e. The van der Waals surface area contributed by atoms with Crippen molar-refractivity contribution in [3.63, 3.8) is 0 Å². The number of hydrogen-bond acceptors (Lipinski definition) is 6. The van der Waals surface area contributed by atoms with E-state index < -0.39 is 26.7 Å². The lowest BCUT2D eigenvalue weighted by Crippen LogP contribution is -2.49. The highest BCUT2D eigenvalue weighted by Crippen LogP contribution is 2.20. The molecule has 0 heterocycles. The van der Waals surface area contributed by atoms with Crippen LogP contribution in [0.25, 0.3) is 0 Å². The van der Waals surface area contributed by atoms with Crippen molar-refractivity contribution in [2.45, 2.75) is 39.7 Å². The van der Waals surface area contributed by atoms with E-state index in [-0.39, 0.29) is 6.04 Å². The maximum absolute atomic E-state index is 11.0. The van der Waals surface area contributed by atoms with E-state index in [1.54, 1.807) is 0 Å². The maximum atomic E-state index is 11.0. The number of unbranched alkanes of at least 4 members (excludes halogenated alkanes) is 1. The van der Waals surface area contributed by atoms with Crippen molar-refractivity contribution in [1.29, 1.82) is 0 Å². The molecule has 17 heavy (non-hydrogen) atoms. The summed E-state index contributed by atoms with van der Waals surface area (Å²) in [5, 5.41) is 0.